The van der Waals surface area contributed by atoms with Crippen molar-refractivity contribution < 1.29 is 24.1 Å². The lowest BCUT2D eigenvalue weighted by molar-refractivity contribution is -0.139. The second kappa shape index (κ2) is 13.1. The molecule has 7 heteroatoms. The summed E-state index contributed by atoms with van der Waals surface area (Å²) in [5.74, 6) is 1.94. The molecular formula is C27H27BrO5S. The average molecular weight is 543 g/mol. The van der Waals surface area contributed by atoms with Crippen LogP contribution in [0.2, 0.25) is 0 Å². The van der Waals surface area contributed by atoms with Crippen molar-refractivity contribution in [2.75, 3.05) is 25.6 Å². The SMILES string of the molecule is CCOc1ccc(C(=CCSc2ccc(OCC(=O)O)c(Br)c2)c2ccc(OCC)cc2)cc1. The molecule has 0 heterocycles. The third kappa shape index (κ3) is 7.57. The van der Waals surface area contributed by atoms with Gasteiger partial charge in [0.25, 0.3) is 0 Å². The Hall–Kier alpha value is -2.90. The molecule has 3 aromatic carbocycles. The number of thioether (sulfide) groups is 1. The molecule has 5 nitrogen and oxygen atoms in total. The van der Waals surface area contributed by atoms with Crippen molar-refractivity contribution in [1.82, 2.24) is 0 Å². The van der Waals surface area contributed by atoms with E-state index >= 15 is 0 Å². The Bertz CT molecular complexity index is 1060. The van der Waals surface area contributed by atoms with Gasteiger partial charge < -0.3 is 19.3 Å². The Morgan fingerprint density at radius 2 is 1.44 bits per heavy atom. The zero-order valence-electron chi connectivity index (χ0n) is 19.1. The van der Waals surface area contributed by atoms with Crippen LogP contribution in [0.5, 0.6) is 17.2 Å². The van der Waals surface area contributed by atoms with Gasteiger partial charge in [0.1, 0.15) is 17.2 Å². The van der Waals surface area contributed by atoms with E-state index < -0.39 is 5.97 Å². The fourth-order valence-corrected chi connectivity index (χ4v) is 4.70. The Labute approximate surface area is 212 Å². The quantitative estimate of drug-likeness (QED) is 0.250. The molecule has 0 fully saturated rings. The highest BCUT2D eigenvalue weighted by molar-refractivity contribution is 9.10. The van der Waals surface area contributed by atoms with E-state index in [0.717, 1.165) is 43.3 Å². The van der Waals surface area contributed by atoms with Gasteiger partial charge in [-0.05, 0) is 88.9 Å². The highest BCUT2D eigenvalue weighted by Crippen LogP contribution is 2.32. The van der Waals surface area contributed by atoms with E-state index in [9.17, 15) is 4.79 Å². The van der Waals surface area contributed by atoms with E-state index in [-0.39, 0.29) is 6.61 Å². The number of carboxylic acid groups (broad SMARTS) is 1. The molecule has 178 valence electrons. The minimum atomic E-state index is -1.01. The molecular weight excluding hydrogens is 516 g/mol. The lowest BCUT2D eigenvalue weighted by Gasteiger charge is -2.12. The second-order valence-corrected chi connectivity index (χ2v) is 9.07. The Balaban J connectivity index is 1.79. The maximum Gasteiger partial charge on any atom is 0.341 e. The van der Waals surface area contributed by atoms with Gasteiger partial charge in [-0.15, -0.1) is 11.8 Å². The topological polar surface area (TPSA) is 65.0 Å². The molecule has 0 unspecified atom stereocenters. The van der Waals surface area contributed by atoms with Crippen molar-refractivity contribution in [1.29, 1.82) is 0 Å². The van der Waals surface area contributed by atoms with Gasteiger partial charge in [0.15, 0.2) is 6.61 Å². The number of hydrogen-bond donors (Lipinski definition) is 1. The van der Waals surface area contributed by atoms with Crippen molar-refractivity contribution in [2.24, 2.45) is 0 Å². The van der Waals surface area contributed by atoms with E-state index in [1.165, 1.54) is 0 Å². The standard InChI is InChI=1S/C27H27BrO5S/c1-3-31-21-9-5-19(6-10-21)24(20-7-11-22(12-8-20)32-4-2)15-16-34-23-13-14-26(25(28)17-23)33-18-27(29)30/h5-15,17H,3-4,16,18H2,1-2H3,(H,29,30). The van der Waals surface area contributed by atoms with Crippen LogP contribution in [0.1, 0.15) is 25.0 Å². The van der Waals surface area contributed by atoms with Gasteiger partial charge >= 0.3 is 5.97 Å². The summed E-state index contributed by atoms with van der Waals surface area (Å²) in [5, 5.41) is 8.80. The molecule has 0 atom stereocenters. The van der Waals surface area contributed by atoms with Gasteiger partial charge in [-0.1, -0.05) is 30.3 Å². The van der Waals surface area contributed by atoms with Crippen LogP contribution in [-0.4, -0.2) is 36.6 Å². The zero-order chi connectivity index (χ0) is 24.3. The number of benzene rings is 3. The number of hydrogen-bond acceptors (Lipinski definition) is 5. The molecule has 0 amide bonds. The predicted octanol–water partition coefficient (Wildman–Crippen LogP) is 6.93. The van der Waals surface area contributed by atoms with E-state index in [4.69, 9.17) is 19.3 Å². The van der Waals surface area contributed by atoms with Crippen LogP contribution < -0.4 is 14.2 Å². The minimum Gasteiger partial charge on any atom is -0.494 e. The third-order valence-corrected chi connectivity index (χ3v) is 6.28. The van der Waals surface area contributed by atoms with E-state index in [2.05, 4.69) is 46.3 Å². The van der Waals surface area contributed by atoms with Crippen LogP contribution in [0.15, 0.2) is 82.2 Å². The lowest BCUT2D eigenvalue weighted by Crippen LogP contribution is -2.09. The molecule has 0 aliphatic heterocycles. The van der Waals surface area contributed by atoms with Crippen molar-refractivity contribution in [3.8, 4) is 17.2 Å². The third-order valence-electron chi connectivity index (χ3n) is 4.74. The number of ether oxygens (including phenoxy) is 3. The molecule has 34 heavy (non-hydrogen) atoms. The number of carboxylic acids is 1. The zero-order valence-corrected chi connectivity index (χ0v) is 21.5. The van der Waals surface area contributed by atoms with Crippen LogP contribution in [-0.2, 0) is 4.79 Å². The fraction of sp³-hybridized carbons (Fsp3) is 0.222. The average Bonchev–Trinajstić information content (AvgIpc) is 2.83. The van der Waals surface area contributed by atoms with E-state index in [0.29, 0.717) is 19.0 Å². The molecule has 0 saturated heterocycles. The van der Waals surface area contributed by atoms with Crippen LogP contribution in [0, 0.1) is 0 Å². The summed E-state index contributed by atoms with van der Waals surface area (Å²) in [6.45, 7) is 4.83. The number of aliphatic carboxylic acids is 1. The monoisotopic (exact) mass is 542 g/mol. The van der Waals surface area contributed by atoms with Crippen molar-refractivity contribution in [2.45, 2.75) is 18.7 Å². The number of halogens is 1. The molecule has 0 bridgehead atoms. The molecule has 0 aliphatic rings. The Kier molecular flexibility index (Phi) is 9.91. The Morgan fingerprint density at radius 3 is 1.91 bits per heavy atom. The summed E-state index contributed by atoms with van der Waals surface area (Å²) in [6.07, 6.45) is 2.21. The van der Waals surface area contributed by atoms with Crippen LogP contribution in [0.25, 0.3) is 5.57 Å². The molecule has 0 saturated carbocycles. The van der Waals surface area contributed by atoms with Crippen LogP contribution in [0.4, 0.5) is 0 Å². The highest BCUT2D eigenvalue weighted by Gasteiger charge is 2.08. The lowest BCUT2D eigenvalue weighted by atomic mass is 9.97. The highest BCUT2D eigenvalue weighted by atomic mass is 79.9. The number of carbonyl (C=O) groups is 1. The second-order valence-electron chi connectivity index (χ2n) is 7.12. The maximum absolute atomic E-state index is 10.7. The van der Waals surface area contributed by atoms with Crippen LogP contribution in [0.3, 0.4) is 0 Å². The van der Waals surface area contributed by atoms with Gasteiger partial charge in [-0.3, -0.25) is 0 Å². The van der Waals surface area contributed by atoms with Gasteiger partial charge in [-0.25, -0.2) is 4.79 Å². The molecule has 0 aromatic heterocycles. The number of rotatable bonds is 12. The van der Waals surface area contributed by atoms with Crippen molar-refractivity contribution in [3.05, 3.63) is 88.4 Å². The van der Waals surface area contributed by atoms with Gasteiger partial charge in [0, 0.05) is 10.6 Å². The molecule has 0 aliphatic carbocycles. The summed E-state index contributed by atoms with van der Waals surface area (Å²) in [7, 11) is 0. The van der Waals surface area contributed by atoms with Gasteiger partial charge in [0.2, 0.25) is 0 Å². The van der Waals surface area contributed by atoms with Crippen molar-refractivity contribution >= 4 is 39.2 Å². The normalized spacial score (nSPS) is 10.4. The first-order valence-corrected chi connectivity index (χ1v) is 12.7. The summed E-state index contributed by atoms with van der Waals surface area (Å²) >= 11 is 5.14. The first-order valence-electron chi connectivity index (χ1n) is 10.9. The first-order chi connectivity index (χ1) is 16.5. The smallest absolute Gasteiger partial charge is 0.341 e. The predicted molar refractivity (Wildman–Crippen MR) is 140 cm³/mol. The summed E-state index contributed by atoms with van der Waals surface area (Å²) < 4.78 is 17.2. The maximum atomic E-state index is 10.7. The first kappa shape index (κ1) is 25.7. The summed E-state index contributed by atoms with van der Waals surface area (Å²) in [6, 6.07) is 21.9. The molecule has 1 N–H and O–H groups in total. The van der Waals surface area contributed by atoms with E-state index in [1.54, 1.807) is 17.8 Å². The van der Waals surface area contributed by atoms with Gasteiger partial charge in [-0.2, -0.15) is 0 Å². The minimum absolute atomic E-state index is 0.374. The van der Waals surface area contributed by atoms with E-state index in [1.807, 2.05) is 50.2 Å². The molecule has 3 aromatic rings. The van der Waals surface area contributed by atoms with Crippen molar-refractivity contribution in [3.63, 3.8) is 0 Å². The Morgan fingerprint density at radius 1 is 0.882 bits per heavy atom. The molecule has 0 spiro atoms. The van der Waals surface area contributed by atoms with Crippen LogP contribution >= 0.6 is 27.7 Å². The molecule has 3 rings (SSSR count). The largest absolute Gasteiger partial charge is 0.494 e. The molecule has 0 radical (unpaired) electrons. The summed E-state index contributed by atoms with van der Waals surface area (Å²) in [4.78, 5) is 11.8. The fourth-order valence-electron chi connectivity index (χ4n) is 3.25. The summed E-state index contributed by atoms with van der Waals surface area (Å²) in [5.41, 5.74) is 3.33. The van der Waals surface area contributed by atoms with Gasteiger partial charge in [0.05, 0.1) is 17.7 Å².